The fourth-order valence-electron chi connectivity index (χ4n) is 1.23. The molecule has 1 N–H and O–H groups in total. The monoisotopic (exact) mass is 241 g/mol. The van der Waals surface area contributed by atoms with Crippen LogP contribution in [0.4, 0.5) is 14.6 Å². The summed E-state index contributed by atoms with van der Waals surface area (Å²) < 4.78 is 26.4. The van der Waals surface area contributed by atoms with Gasteiger partial charge in [-0.15, -0.1) is 0 Å². The number of aryl methyl sites for hydroxylation is 1. The predicted molar refractivity (Wildman–Crippen MR) is 54.6 cm³/mol. The molecule has 0 radical (unpaired) electrons. The molecule has 2 aromatic rings. The molecule has 0 bridgehead atoms. The second-order valence-corrected chi connectivity index (χ2v) is 3.29. The van der Waals surface area contributed by atoms with Crippen molar-refractivity contribution in [1.29, 1.82) is 0 Å². The third kappa shape index (κ3) is 2.47. The molecule has 0 aliphatic carbocycles. The largest absolute Gasteiger partial charge is 0.333 e. The average molecular weight is 241 g/mol. The highest BCUT2D eigenvalue weighted by Crippen LogP contribution is 2.10. The number of hydrogen-bond donors (Lipinski definition) is 1. The molecule has 0 saturated carbocycles. The van der Waals surface area contributed by atoms with E-state index in [9.17, 15) is 13.6 Å². The van der Waals surface area contributed by atoms with Gasteiger partial charge >= 0.3 is 6.55 Å². The number of nitrogens with zero attached hydrogens (tertiary/aromatic N) is 4. The van der Waals surface area contributed by atoms with Gasteiger partial charge in [0.25, 0.3) is 5.91 Å². The molecule has 8 heteroatoms. The van der Waals surface area contributed by atoms with Crippen molar-refractivity contribution in [3.8, 4) is 0 Å². The maximum atomic E-state index is 12.2. The lowest BCUT2D eigenvalue weighted by atomic mass is 10.4. The lowest BCUT2D eigenvalue weighted by Gasteiger charge is -1.99. The molecule has 2 heterocycles. The number of nitrogens with one attached hydrogen (secondary N) is 1. The predicted octanol–water partition coefficient (Wildman–Crippen LogP) is 1.26. The van der Waals surface area contributed by atoms with Gasteiger partial charge in [0.15, 0.2) is 11.5 Å². The van der Waals surface area contributed by atoms with Crippen molar-refractivity contribution in [2.24, 2.45) is 7.05 Å². The molecule has 0 aromatic carbocycles. The number of amides is 1. The molecule has 17 heavy (non-hydrogen) atoms. The minimum atomic E-state index is -2.76. The molecule has 0 aliphatic rings. The number of aromatic nitrogens is 4. The Morgan fingerprint density at radius 1 is 1.35 bits per heavy atom. The summed E-state index contributed by atoms with van der Waals surface area (Å²) in [4.78, 5) is 11.6. The van der Waals surface area contributed by atoms with Crippen molar-refractivity contribution in [2.45, 2.75) is 6.55 Å². The number of hydrogen-bond acceptors (Lipinski definition) is 3. The number of anilines is 1. The van der Waals surface area contributed by atoms with Crippen LogP contribution in [0.25, 0.3) is 0 Å². The first-order valence-corrected chi connectivity index (χ1v) is 4.70. The zero-order chi connectivity index (χ0) is 12.4. The van der Waals surface area contributed by atoms with Crippen LogP contribution in [0.15, 0.2) is 24.5 Å². The van der Waals surface area contributed by atoms with Gasteiger partial charge < -0.3 is 5.32 Å². The molecule has 0 spiro atoms. The van der Waals surface area contributed by atoms with Crippen LogP contribution in [0.2, 0.25) is 0 Å². The fourth-order valence-corrected chi connectivity index (χ4v) is 1.23. The van der Waals surface area contributed by atoms with E-state index < -0.39 is 12.5 Å². The van der Waals surface area contributed by atoms with Crippen LogP contribution in [-0.4, -0.2) is 25.5 Å². The minimum Gasteiger partial charge on any atom is -0.304 e. The van der Waals surface area contributed by atoms with Crippen LogP contribution >= 0.6 is 0 Å². The summed E-state index contributed by atoms with van der Waals surface area (Å²) in [5.74, 6) is -0.243. The van der Waals surface area contributed by atoms with Crippen LogP contribution in [0, 0.1) is 0 Å². The van der Waals surface area contributed by atoms with Crippen molar-refractivity contribution in [3.05, 3.63) is 30.2 Å². The van der Waals surface area contributed by atoms with Gasteiger partial charge in [-0.2, -0.15) is 19.0 Å². The summed E-state index contributed by atoms with van der Waals surface area (Å²) in [5.41, 5.74) is -0.0871. The lowest BCUT2D eigenvalue weighted by Crippen LogP contribution is -2.14. The Kier molecular flexibility index (Phi) is 2.86. The van der Waals surface area contributed by atoms with Crippen molar-refractivity contribution >= 4 is 11.7 Å². The molecule has 0 aliphatic heterocycles. The van der Waals surface area contributed by atoms with Gasteiger partial charge in [-0.25, -0.2) is 4.68 Å². The second-order valence-electron chi connectivity index (χ2n) is 3.29. The van der Waals surface area contributed by atoms with E-state index >= 15 is 0 Å². The van der Waals surface area contributed by atoms with E-state index in [1.54, 1.807) is 19.3 Å². The van der Waals surface area contributed by atoms with Crippen LogP contribution in [0.5, 0.6) is 0 Å². The Morgan fingerprint density at radius 3 is 2.65 bits per heavy atom. The third-order valence-corrected chi connectivity index (χ3v) is 2.00. The normalized spacial score (nSPS) is 10.8. The molecular formula is C9H9F2N5O. The van der Waals surface area contributed by atoms with Crippen molar-refractivity contribution in [3.63, 3.8) is 0 Å². The van der Waals surface area contributed by atoms with Gasteiger partial charge in [-0.1, -0.05) is 0 Å². The first-order valence-electron chi connectivity index (χ1n) is 4.70. The molecule has 6 nitrogen and oxygen atoms in total. The molecule has 0 saturated heterocycles. The highest BCUT2D eigenvalue weighted by Gasteiger charge is 2.14. The van der Waals surface area contributed by atoms with E-state index in [2.05, 4.69) is 15.5 Å². The number of carbonyl (C=O) groups is 1. The summed E-state index contributed by atoms with van der Waals surface area (Å²) in [6.45, 7) is -2.76. The quantitative estimate of drug-likeness (QED) is 0.879. The Morgan fingerprint density at radius 2 is 2.12 bits per heavy atom. The maximum Gasteiger partial charge on any atom is 0.333 e. The standard InChI is InChI=1S/C9H9F2N5O/c1-15-4-3-7(14-15)12-8(17)6-2-5-16(13-6)9(10)11/h2-5,9H,1H3,(H,12,14,17). The van der Waals surface area contributed by atoms with Gasteiger partial charge in [0.05, 0.1) is 0 Å². The van der Waals surface area contributed by atoms with Gasteiger partial charge in [0.1, 0.15) is 0 Å². The summed E-state index contributed by atoms with van der Waals surface area (Å²) in [5, 5.41) is 9.79. The Bertz CT molecular complexity index is 533. The van der Waals surface area contributed by atoms with E-state index in [1.807, 2.05) is 0 Å². The zero-order valence-electron chi connectivity index (χ0n) is 8.84. The summed E-state index contributed by atoms with van der Waals surface area (Å²) in [6, 6.07) is 2.80. The van der Waals surface area contributed by atoms with E-state index in [0.717, 1.165) is 6.20 Å². The van der Waals surface area contributed by atoms with Gasteiger partial charge in [-0.05, 0) is 6.07 Å². The molecule has 0 fully saturated rings. The van der Waals surface area contributed by atoms with Crippen LogP contribution in [0.1, 0.15) is 17.0 Å². The molecular weight excluding hydrogens is 232 g/mol. The van der Waals surface area contributed by atoms with Gasteiger partial charge in [0.2, 0.25) is 0 Å². The van der Waals surface area contributed by atoms with Gasteiger partial charge in [-0.3, -0.25) is 9.48 Å². The molecule has 0 atom stereocenters. The smallest absolute Gasteiger partial charge is 0.304 e. The molecule has 2 aromatic heterocycles. The Labute approximate surface area is 94.8 Å². The summed E-state index contributed by atoms with van der Waals surface area (Å²) in [7, 11) is 1.70. The Balaban J connectivity index is 2.09. The maximum absolute atomic E-state index is 12.2. The van der Waals surface area contributed by atoms with E-state index in [1.165, 1.54) is 10.7 Å². The zero-order valence-corrected chi connectivity index (χ0v) is 8.84. The van der Waals surface area contributed by atoms with Crippen LogP contribution in [-0.2, 0) is 7.05 Å². The third-order valence-electron chi connectivity index (χ3n) is 2.00. The highest BCUT2D eigenvalue weighted by molar-refractivity contribution is 6.02. The van der Waals surface area contributed by atoms with Crippen LogP contribution < -0.4 is 5.32 Å². The van der Waals surface area contributed by atoms with E-state index in [4.69, 9.17) is 0 Å². The van der Waals surface area contributed by atoms with Gasteiger partial charge in [0, 0.05) is 25.5 Å². The molecule has 2 rings (SSSR count). The summed E-state index contributed by atoms with van der Waals surface area (Å²) >= 11 is 0. The van der Waals surface area contributed by atoms with E-state index in [0.29, 0.717) is 10.5 Å². The number of halogens is 2. The number of carbonyl (C=O) groups excluding carboxylic acids is 1. The van der Waals surface area contributed by atoms with Crippen molar-refractivity contribution in [1.82, 2.24) is 19.6 Å². The molecule has 0 unspecified atom stereocenters. The molecule has 1 amide bonds. The summed E-state index contributed by atoms with van der Waals surface area (Å²) in [6.07, 6.45) is 2.69. The Hall–Kier alpha value is -2.25. The topological polar surface area (TPSA) is 64.7 Å². The van der Waals surface area contributed by atoms with Crippen LogP contribution in [0.3, 0.4) is 0 Å². The second kappa shape index (κ2) is 4.32. The first-order chi connectivity index (χ1) is 8.06. The first kappa shape index (κ1) is 11.2. The van der Waals surface area contributed by atoms with Crippen molar-refractivity contribution < 1.29 is 13.6 Å². The fraction of sp³-hybridized carbons (Fsp3) is 0.222. The SMILES string of the molecule is Cn1ccc(NC(=O)c2ccn(C(F)F)n2)n1. The molecule has 90 valence electrons. The highest BCUT2D eigenvalue weighted by atomic mass is 19.3. The lowest BCUT2D eigenvalue weighted by molar-refractivity contribution is 0.0561. The van der Waals surface area contributed by atoms with Crippen molar-refractivity contribution in [2.75, 3.05) is 5.32 Å². The average Bonchev–Trinajstić information content (AvgIpc) is 2.86. The van der Waals surface area contributed by atoms with E-state index in [-0.39, 0.29) is 5.69 Å². The minimum absolute atomic E-state index is 0.0871. The number of rotatable bonds is 3. The number of alkyl halides is 2.